The Kier molecular flexibility index (Phi) is 3.31. The number of anilines is 1. The summed E-state index contributed by atoms with van der Waals surface area (Å²) in [6.45, 7) is 2.96. The van der Waals surface area contributed by atoms with Crippen LogP contribution in [0, 0.1) is 6.92 Å². The van der Waals surface area contributed by atoms with Crippen LogP contribution >= 0.6 is 11.8 Å². The molecule has 2 aliphatic heterocycles. The fraction of sp³-hybridized carbons (Fsp3) is 0.500. The third-order valence-electron chi connectivity index (χ3n) is 3.70. The first kappa shape index (κ1) is 12.1. The predicted molar refractivity (Wildman–Crippen MR) is 76.1 cm³/mol. The molecular formula is C14H18N2OS. The Labute approximate surface area is 112 Å². The SMILES string of the molecule is Cc1cccc2c1N(C(=O)C1CSCN1)CCC2. The van der Waals surface area contributed by atoms with E-state index in [-0.39, 0.29) is 11.9 Å². The molecule has 0 radical (unpaired) electrons. The number of aryl methyl sites for hydroxylation is 2. The first-order valence-electron chi connectivity index (χ1n) is 6.48. The van der Waals surface area contributed by atoms with Gasteiger partial charge in [0.2, 0.25) is 5.91 Å². The van der Waals surface area contributed by atoms with Crippen molar-refractivity contribution in [2.75, 3.05) is 23.1 Å². The monoisotopic (exact) mass is 262 g/mol. The molecule has 3 nitrogen and oxygen atoms in total. The number of hydrogen-bond donors (Lipinski definition) is 1. The van der Waals surface area contributed by atoms with Crippen molar-refractivity contribution in [2.24, 2.45) is 0 Å². The number of carbonyl (C=O) groups is 1. The van der Waals surface area contributed by atoms with E-state index in [9.17, 15) is 4.79 Å². The van der Waals surface area contributed by atoms with Crippen molar-refractivity contribution in [3.63, 3.8) is 0 Å². The number of nitrogens with one attached hydrogen (secondary N) is 1. The zero-order chi connectivity index (χ0) is 12.5. The molecule has 2 aliphatic rings. The smallest absolute Gasteiger partial charge is 0.245 e. The molecule has 1 aromatic rings. The Bertz CT molecular complexity index is 469. The Morgan fingerprint density at radius 2 is 2.39 bits per heavy atom. The topological polar surface area (TPSA) is 32.3 Å². The van der Waals surface area contributed by atoms with Gasteiger partial charge < -0.3 is 4.90 Å². The number of nitrogens with zero attached hydrogens (tertiary/aromatic N) is 1. The summed E-state index contributed by atoms with van der Waals surface area (Å²) in [7, 11) is 0. The molecule has 0 bridgehead atoms. The van der Waals surface area contributed by atoms with Crippen LogP contribution in [0.5, 0.6) is 0 Å². The molecule has 0 aromatic heterocycles. The number of amides is 1. The van der Waals surface area contributed by atoms with E-state index in [2.05, 4.69) is 30.4 Å². The highest BCUT2D eigenvalue weighted by molar-refractivity contribution is 7.99. The minimum atomic E-state index is 0.000515. The Morgan fingerprint density at radius 3 is 3.17 bits per heavy atom. The van der Waals surface area contributed by atoms with Gasteiger partial charge in [-0.25, -0.2) is 0 Å². The van der Waals surface area contributed by atoms with E-state index in [0.717, 1.165) is 36.7 Å². The largest absolute Gasteiger partial charge is 0.310 e. The van der Waals surface area contributed by atoms with Gasteiger partial charge in [-0.3, -0.25) is 10.1 Å². The summed E-state index contributed by atoms with van der Waals surface area (Å²) in [5, 5.41) is 3.28. The second-order valence-corrected chi connectivity index (χ2v) is 5.98. The summed E-state index contributed by atoms with van der Waals surface area (Å²) in [5.41, 5.74) is 3.69. The molecule has 18 heavy (non-hydrogen) atoms. The van der Waals surface area contributed by atoms with Gasteiger partial charge >= 0.3 is 0 Å². The predicted octanol–water partition coefficient (Wildman–Crippen LogP) is 1.94. The molecule has 1 amide bonds. The van der Waals surface area contributed by atoms with Crippen LogP contribution in [-0.4, -0.2) is 30.1 Å². The number of para-hydroxylation sites is 1. The normalized spacial score (nSPS) is 22.9. The minimum absolute atomic E-state index is 0.000515. The first-order chi connectivity index (χ1) is 8.77. The van der Waals surface area contributed by atoms with Crippen molar-refractivity contribution in [1.82, 2.24) is 5.32 Å². The molecule has 1 N–H and O–H groups in total. The van der Waals surface area contributed by atoms with Gasteiger partial charge in [-0.15, -0.1) is 11.8 Å². The highest BCUT2D eigenvalue weighted by Gasteiger charge is 2.31. The second-order valence-electron chi connectivity index (χ2n) is 4.95. The lowest BCUT2D eigenvalue weighted by atomic mass is 9.97. The summed E-state index contributed by atoms with van der Waals surface area (Å²) < 4.78 is 0. The Morgan fingerprint density at radius 1 is 1.50 bits per heavy atom. The molecule has 0 saturated carbocycles. The van der Waals surface area contributed by atoms with Gasteiger partial charge in [-0.2, -0.15) is 0 Å². The summed E-state index contributed by atoms with van der Waals surface area (Å²) >= 11 is 1.80. The van der Waals surface area contributed by atoms with Crippen LogP contribution in [0.4, 0.5) is 5.69 Å². The van der Waals surface area contributed by atoms with Crippen molar-refractivity contribution < 1.29 is 4.79 Å². The van der Waals surface area contributed by atoms with E-state index < -0.39 is 0 Å². The van der Waals surface area contributed by atoms with E-state index >= 15 is 0 Å². The van der Waals surface area contributed by atoms with Crippen molar-refractivity contribution in [3.8, 4) is 0 Å². The van der Waals surface area contributed by atoms with Crippen LogP contribution in [0.2, 0.25) is 0 Å². The maximum Gasteiger partial charge on any atom is 0.245 e. The Hall–Kier alpha value is -1.000. The summed E-state index contributed by atoms with van der Waals surface area (Å²) in [4.78, 5) is 14.6. The number of fused-ring (bicyclic) bond motifs is 1. The van der Waals surface area contributed by atoms with Crippen LogP contribution in [0.25, 0.3) is 0 Å². The standard InChI is InChI=1S/C14H18N2OS/c1-10-4-2-5-11-6-3-7-16(13(10)11)14(17)12-8-18-9-15-12/h2,4-5,12,15H,3,6-9H2,1H3. The average Bonchev–Trinajstić information content (AvgIpc) is 2.91. The van der Waals surface area contributed by atoms with E-state index in [1.807, 2.05) is 4.90 Å². The van der Waals surface area contributed by atoms with Crippen molar-refractivity contribution in [3.05, 3.63) is 29.3 Å². The maximum atomic E-state index is 12.6. The zero-order valence-corrected chi connectivity index (χ0v) is 11.4. The van der Waals surface area contributed by atoms with Crippen LogP contribution < -0.4 is 10.2 Å². The van der Waals surface area contributed by atoms with Gasteiger partial charge in [0.15, 0.2) is 0 Å². The fourth-order valence-electron chi connectivity index (χ4n) is 2.81. The second kappa shape index (κ2) is 4.94. The molecule has 1 fully saturated rings. The van der Waals surface area contributed by atoms with E-state index in [1.165, 1.54) is 11.1 Å². The third-order valence-corrected chi connectivity index (χ3v) is 4.64. The van der Waals surface area contributed by atoms with Gasteiger partial charge in [0.1, 0.15) is 0 Å². The number of benzene rings is 1. The first-order valence-corrected chi connectivity index (χ1v) is 7.64. The quantitative estimate of drug-likeness (QED) is 0.839. The van der Waals surface area contributed by atoms with Gasteiger partial charge in [-0.05, 0) is 30.9 Å². The molecule has 96 valence electrons. The molecule has 3 rings (SSSR count). The van der Waals surface area contributed by atoms with Gasteiger partial charge in [-0.1, -0.05) is 18.2 Å². The maximum absolute atomic E-state index is 12.6. The highest BCUT2D eigenvalue weighted by Crippen LogP contribution is 2.31. The molecular weight excluding hydrogens is 244 g/mol. The summed E-state index contributed by atoms with van der Waals surface area (Å²) in [6, 6.07) is 6.34. The lowest BCUT2D eigenvalue weighted by molar-refractivity contribution is -0.120. The molecule has 0 aliphatic carbocycles. The number of thioether (sulfide) groups is 1. The summed E-state index contributed by atoms with van der Waals surface area (Å²) in [6.07, 6.45) is 2.16. The van der Waals surface area contributed by atoms with E-state index in [0.29, 0.717) is 0 Å². The lowest BCUT2D eigenvalue weighted by Crippen LogP contribution is -2.47. The van der Waals surface area contributed by atoms with Crippen molar-refractivity contribution >= 4 is 23.4 Å². The molecule has 4 heteroatoms. The molecule has 1 saturated heterocycles. The van der Waals surface area contributed by atoms with Crippen molar-refractivity contribution in [1.29, 1.82) is 0 Å². The van der Waals surface area contributed by atoms with Crippen LogP contribution in [-0.2, 0) is 11.2 Å². The van der Waals surface area contributed by atoms with Crippen LogP contribution in [0.1, 0.15) is 17.5 Å². The average molecular weight is 262 g/mol. The minimum Gasteiger partial charge on any atom is -0.310 e. The number of rotatable bonds is 1. The summed E-state index contributed by atoms with van der Waals surface area (Å²) in [5.74, 6) is 2.04. The lowest BCUT2D eigenvalue weighted by Gasteiger charge is -2.32. The van der Waals surface area contributed by atoms with E-state index in [1.54, 1.807) is 11.8 Å². The van der Waals surface area contributed by atoms with Crippen molar-refractivity contribution in [2.45, 2.75) is 25.8 Å². The Balaban J connectivity index is 1.93. The third kappa shape index (κ3) is 2.04. The van der Waals surface area contributed by atoms with Gasteiger partial charge in [0.25, 0.3) is 0 Å². The van der Waals surface area contributed by atoms with Gasteiger partial charge in [0, 0.05) is 23.9 Å². The molecule has 1 unspecified atom stereocenters. The molecule has 1 atom stereocenters. The number of hydrogen-bond acceptors (Lipinski definition) is 3. The molecule has 0 spiro atoms. The van der Waals surface area contributed by atoms with Crippen LogP contribution in [0.3, 0.4) is 0 Å². The highest BCUT2D eigenvalue weighted by atomic mass is 32.2. The van der Waals surface area contributed by atoms with Crippen LogP contribution in [0.15, 0.2) is 18.2 Å². The fourth-order valence-corrected chi connectivity index (χ4v) is 3.74. The number of carbonyl (C=O) groups excluding carboxylic acids is 1. The van der Waals surface area contributed by atoms with Gasteiger partial charge in [0.05, 0.1) is 6.04 Å². The van der Waals surface area contributed by atoms with E-state index in [4.69, 9.17) is 0 Å². The molecule has 1 aromatic carbocycles. The zero-order valence-electron chi connectivity index (χ0n) is 10.6. The molecule has 2 heterocycles.